The average molecular weight is 406 g/mol. The van der Waals surface area contributed by atoms with Gasteiger partial charge in [-0.05, 0) is 48.7 Å². The molecule has 1 unspecified atom stereocenters. The van der Waals surface area contributed by atoms with Crippen molar-refractivity contribution in [3.63, 3.8) is 0 Å². The Hall–Kier alpha value is -3.16. The number of hydrogen-bond acceptors (Lipinski definition) is 4. The second kappa shape index (κ2) is 8.69. The van der Waals surface area contributed by atoms with Gasteiger partial charge in [0.1, 0.15) is 0 Å². The third-order valence-electron chi connectivity index (χ3n) is 5.41. The van der Waals surface area contributed by atoms with Crippen molar-refractivity contribution in [3.8, 4) is 5.69 Å². The quantitative estimate of drug-likeness (QED) is 0.580. The molecule has 0 bridgehead atoms. The van der Waals surface area contributed by atoms with Crippen molar-refractivity contribution in [3.05, 3.63) is 87.3 Å². The number of amides is 1. The molecule has 30 heavy (non-hydrogen) atoms. The summed E-state index contributed by atoms with van der Waals surface area (Å²) in [5, 5.41) is 16.1. The molecule has 1 amide bonds. The van der Waals surface area contributed by atoms with E-state index in [1.807, 2.05) is 13.0 Å². The van der Waals surface area contributed by atoms with Crippen LogP contribution in [0.1, 0.15) is 27.2 Å². The number of aryl methyl sites for hydroxylation is 1. The maximum absolute atomic E-state index is 12.4. The number of benzene rings is 2. The Bertz CT molecular complexity index is 1080. The lowest BCUT2D eigenvalue weighted by atomic mass is 10.00. The van der Waals surface area contributed by atoms with Gasteiger partial charge in [-0.2, -0.15) is 0 Å². The number of fused-ring (bicyclic) bond motifs is 1. The van der Waals surface area contributed by atoms with Crippen molar-refractivity contribution in [2.24, 2.45) is 0 Å². The average Bonchev–Trinajstić information content (AvgIpc) is 3.10. The van der Waals surface area contributed by atoms with Gasteiger partial charge in [0.2, 0.25) is 0 Å². The monoisotopic (exact) mass is 406 g/mol. The summed E-state index contributed by atoms with van der Waals surface area (Å²) in [5.74, 6) is -0.250. The van der Waals surface area contributed by atoms with E-state index in [1.165, 1.54) is 21.9 Å². The first kappa shape index (κ1) is 20.1. The van der Waals surface area contributed by atoms with E-state index in [0.29, 0.717) is 17.8 Å². The van der Waals surface area contributed by atoms with E-state index in [9.17, 15) is 14.7 Å². The number of aliphatic hydroxyl groups excluding tert-OH is 1. The van der Waals surface area contributed by atoms with Gasteiger partial charge in [0.25, 0.3) is 11.5 Å². The Morgan fingerprint density at radius 3 is 2.60 bits per heavy atom. The van der Waals surface area contributed by atoms with Gasteiger partial charge >= 0.3 is 0 Å². The highest BCUT2D eigenvalue weighted by atomic mass is 16.3. The molecular formula is C23H26N4O3. The van der Waals surface area contributed by atoms with Crippen LogP contribution in [-0.4, -0.2) is 51.4 Å². The molecule has 0 saturated carbocycles. The van der Waals surface area contributed by atoms with Gasteiger partial charge in [0.05, 0.1) is 11.8 Å². The Balaban J connectivity index is 1.29. The van der Waals surface area contributed by atoms with Crippen LogP contribution in [0.2, 0.25) is 0 Å². The number of carbonyl (C=O) groups is 1. The van der Waals surface area contributed by atoms with Crippen LogP contribution in [0.5, 0.6) is 0 Å². The van der Waals surface area contributed by atoms with Crippen molar-refractivity contribution in [1.82, 2.24) is 20.0 Å². The van der Waals surface area contributed by atoms with E-state index in [1.54, 1.807) is 24.3 Å². The second-order valence-electron chi connectivity index (χ2n) is 7.78. The molecule has 0 spiro atoms. The molecule has 0 saturated heterocycles. The SMILES string of the molecule is Cc1cc(=O)n(-c2ccc(C(=O)NCC(O)CN3CCc4ccccc4C3)cc2)[nH]1. The summed E-state index contributed by atoms with van der Waals surface area (Å²) in [5.41, 5.74) is 4.44. The van der Waals surface area contributed by atoms with E-state index >= 15 is 0 Å². The van der Waals surface area contributed by atoms with Crippen molar-refractivity contribution >= 4 is 5.91 Å². The Labute approximate surface area is 174 Å². The van der Waals surface area contributed by atoms with Gasteiger partial charge < -0.3 is 10.4 Å². The van der Waals surface area contributed by atoms with Gasteiger partial charge in [0, 0.05) is 43.5 Å². The number of carbonyl (C=O) groups excluding carboxylic acids is 1. The predicted octanol–water partition coefficient (Wildman–Crippen LogP) is 1.62. The van der Waals surface area contributed by atoms with E-state index in [-0.39, 0.29) is 18.0 Å². The minimum absolute atomic E-state index is 0.145. The van der Waals surface area contributed by atoms with Crippen LogP contribution in [0.3, 0.4) is 0 Å². The molecule has 7 nitrogen and oxygen atoms in total. The zero-order valence-corrected chi connectivity index (χ0v) is 17.0. The molecule has 0 radical (unpaired) electrons. The van der Waals surface area contributed by atoms with Gasteiger partial charge in [0.15, 0.2) is 0 Å². The molecule has 156 valence electrons. The first-order valence-electron chi connectivity index (χ1n) is 10.1. The standard InChI is InChI=1S/C23H26N4O3/c1-16-12-22(29)27(25-16)20-8-6-18(7-9-20)23(30)24-13-21(28)15-26-11-10-17-4-2-3-5-19(17)14-26/h2-9,12,21,25,28H,10-11,13-15H2,1H3,(H,24,30). The number of aromatic nitrogens is 2. The number of aromatic amines is 1. The molecule has 1 aliphatic heterocycles. The molecular weight excluding hydrogens is 380 g/mol. The predicted molar refractivity (Wildman–Crippen MR) is 115 cm³/mol. The number of nitrogens with zero attached hydrogens (tertiary/aromatic N) is 2. The van der Waals surface area contributed by atoms with E-state index in [4.69, 9.17) is 0 Å². The summed E-state index contributed by atoms with van der Waals surface area (Å²) < 4.78 is 1.43. The largest absolute Gasteiger partial charge is 0.390 e. The van der Waals surface area contributed by atoms with Crippen LogP contribution in [0, 0.1) is 6.92 Å². The molecule has 1 aliphatic rings. The van der Waals surface area contributed by atoms with Crippen molar-refractivity contribution in [2.45, 2.75) is 26.0 Å². The highest BCUT2D eigenvalue weighted by molar-refractivity contribution is 5.94. The minimum atomic E-state index is -0.640. The molecule has 1 atom stereocenters. The molecule has 7 heteroatoms. The Kier molecular flexibility index (Phi) is 5.83. The molecule has 0 fully saturated rings. The molecule has 4 rings (SSSR count). The number of aliphatic hydroxyl groups is 1. The van der Waals surface area contributed by atoms with Crippen LogP contribution in [0.4, 0.5) is 0 Å². The number of nitrogens with one attached hydrogen (secondary N) is 2. The Morgan fingerprint density at radius 1 is 1.17 bits per heavy atom. The first-order valence-corrected chi connectivity index (χ1v) is 10.1. The number of rotatable bonds is 6. The van der Waals surface area contributed by atoms with Crippen molar-refractivity contribution in [2.75, 3.05) is 19.6 Å². The summed E-state index contributed by atoms with van der Waals surface area (Å²) in [6.45, 7) is 4.24. The maximum Gasteiger partial charge on any atom is 0.271 e. The zero-order valence-electron chi connectivity index (χ0n) is 17.0. The lowest BCUT2D eigenvalue weighted by Crippen LogP contribution is -2.42. The van der Waals surface area contributed by atoms with Crippen molar-refractivity contribution in [1.29, 1.82) is 0 Å². The summed E-state index contributed by atoms with van der Waals surface area (Å²) >= 11 is 0. The van der Waals surface area contributed by atoms with Gasteiger partial charge in [-0.1, -0.05) is 24.3 Å². The Morgan fingerprint density at radius 2 is 1.90 bits per heavy atom. The molecule has 2 aromatic carbocycles. The fraction of sp³-hybridized carbons (Fsp3) is 0.304. The molecule has 2 heterocycles. The number of β-amino-alcohol motifs (C(OH)–C–C–N with tert-alkyl or cyclic N) is 1. The maximum atomic E-state index is 12.4. The lowest BCUT2D eigenvalue weighted by molar-refractivity contribution is 0.0842. The van der Waals surface area contributed by atoms with E-state index < -0.39 is 6.10 Å². The van der Waals surface area contributed by atoms with Crippen LogP contribution in [-0.2, 0) is 13.0 Å². The lowest BCUT2D eigenvalue weighted by Gasteiger charge is -2.30. The van der Waals surface area contributed by atoms with Crippen LogP contribution in [0.25, 0.3) is 5.69 Å². The van der Waals surface area contributed by atoms with Gasteiger partial charge in [-0.3, -0.25) is 19.6 Å². The highest BCUT2D eigenvalue weighted by Crippen LogP contribution is 2.18. The molecule has 3 aromatic rings. The second-order valence-corrected chi connectivity index (χ2v) is 7.78. The molecule has 3 N–H and O–H groups in total. The third kappa shape index (κ3) is 4.53. The van der Waals surface area contributed by atoms with Crippen LogP contribution >= 0.6 is 0 Å². The van der Waals surface area contributed by atoms with E-state index in [2.05, 4.69) is 33.5 Å². The smallest absolute Gasteiger partial charge is 0.271 e. The first-order chi connectivity index (χ1) is 14.5. The summed E-state index contributed by atoms with van der Waals surface area (Å²) in [4.78, 5) is 26.5. The van der Waals surface area contributed by atoms with Crippen molar-refractivity contribution < 1.29 is 9.90 Å². The number of hydrogen-bond donors (Lipinski definition) is 3. The molecule has 0 aliphatic carbocycles. The van der Waals surface area contributed by atoms with Gasteiger partial charge in [-0.15, -0.1) is 0 Å². The fourth-order valence-corrected chi connectivity index (χ4v) is 3.85. The zero-order chi connectivity index (χ0) is 21.1. The third-order valence-corrected chi connectivity index (χ3v) is 5.41. The molecule has 1 aromatic heterocycles. The highest BCUT2D eigenvalue weighted by Gasteiger charge is 2.19. The van der Waals surface area contributed by atoms with Gasteiger partial charge in [-0.25, -0.2) is 4.68 Å². The van der Waals surface area contributed by atoms with Crippen LogP contribution < -0.4 is 10.9 Å². The topological polar surface area (TPSA) is 90.4 Å². The summed E-state index contributed by atoms with van der Waals surface area (Å²) in [7, 11) is 0. The fourth-order valence-electron chi connectivity index (χ4n) is 3.85. The van der Waals surface area contributed by atoms with Crippen LogP contribution in [0.15, 0.2) is 59.4 Å². The normalized spacial score (nSPS) is 14.9. The summed E-state index contributed by atoms with van der Waals surface area (Å²) in [6.07, 6.45) is 0.337. The summed E-state index contributed by atoms with van der Waals surface area (Å²) in [6, 6.07) is 16.7. The number of H-pyrrole nitrogens is 1. The van der Waals surface area contributed by atoms with E-state index in [0.717, 1.165) is 25.2 Å². The minimum Gasteiger partial charge on any atom is -0.390 e.